The third kappa shape index (κ3) is 6.64. The van der Waals surface area contributed by atoms with Crippen LogP contribution >= 0.6 is 0 Å². The number of carbonyl (C=O) groups is 1. The summed E-state index contributed by atoms with van der Waals surface area (Å²) in [5.41, 5.74) is 1.99. The fourth-order valence-electron chi connectivity index (χ4n) is 1.55. The Hall–Kier alpha value is -1.79. The molecule has 0 heterocycles. The molecule has 1 aromatic carbocycles. The van der Waals surface area contributed by atoms with Gasteiger partial charge in [-0.15, -0.1) is 0 Å². The zero-order valence-electron chi connectivity index (χ0n) is 11.4. The second kappa shape index (κ2) is 9.18. The van der Waals surface area contributed by atoms with E-state index in [0.29, 0.717) is 19.4 Å². The summed E-state index contributed by atoms with van der Waals surface area (Å²) in [7, 11) is 0. The van der Waals surface area contributed by atoms with Gasteiger partial charge in [-0.3, -0.25) is 4.79 Å². The van der Waals surface area contributed by atoms with Crippen LogP contribution in [0.5, 0.6) is 0 Å². The van der Waals surface area contributed by atoms with E-state index in [9.17, 15) is 4.79 Å². The van der Waals surface area contributed by atoms with Gasteiger partial charge in [0, 0.05) is 24.9 Å². The minimum absolute atomic E-state index is 0.0921. The number of carbonyl (C=O) groups excluding carboxylic acids is 1. The molecule has 1 aromatic rings. The minimum Gasteiger partial charge on any atom is -0.395 e. The first kappa shape index (κ1) is 15.3. The van der Waals surface area contributed by atoms with Crippen LogP contribution in [0.15, 0.2) is 24.3 Å². The first-order valence-electron chi connectivity index (χ1n) is 6.71. The number of aliphatic hydroxyl groups is 1. The van der Waals surface area contributed by atoms with Gasteiger partial charge in [0.25, 0.3) is 0 Å². The lowest BCUT2D eigenvalue weighted by molar-refractivity contribution is -0.121. The van der Waals surface area contributed by atoms with Gasteiger partial charge in [-0.25, -0.2) is 0 Å². The molecule has 3 nitrogen and oxygen atoms in total. The molecule has 3 heteroatoms. The summed E-state index contributed by atoms with van der Waals surface area (Å²) in [6.45, 7) is 2.73. The molecular weight excluding hydrogens is 238 g/mol. The van der Waals surface area contributed by atoms with Crippen molar-refractivity contribution in [1.82, 2.24) is 5.32 Å². The highest BCUT2D eigenvalue weighted by atomic mass is 16.2. The van der Waals surface area contributed by atoms with Crippen molar-refractivity contribution in [2.24, 2.45) is 0 Å². The van der Waals surface area contributed by atoms with Crippen LogP contribution in [0.1, 0.15) is 43.7 Å². The summed E-state index contributed by atoms with van der Waals surface area (Å²) in [6.07, 6.45) is 3.07. The Morgan fingerprint density at radius 3 is 2.68 bits per heavy atom. The summed E-state index contributed by atoms with van der Waals surface area (Å²) in [5, 5.41) is 11.5. The molecular formula is C16H21NO2. The van der Waals surface area contributed by atoms with Crippen molar-refractivity contribution < 1.29 is 9.90 Å². The SMILES string of the molecule is CCCCC(=O)NCc1ccc(C#CCCO)cc1. The van der Waals surface area contributed by atoms with Crippen LogP contribution in [-0.2, 0) is 11.3 Å². The maximum Gasteiger partial charge on any atom is 0.220 e. The number of nitrogens with one attached hydrogen (secondary N) is 1. The van der Waals surface area contributed by atoms with Crippen molar-refractivity contribution in [3.63, 3.8) is 0 Å². The van der Waals surface area contributed by atoms with E-state index in [-0.39, 0.29) is 12.5 Å². The molecule has 0 saturated heterocycles. The van der Waals surface area contributed by atoms with Crippen LogP contribution in [0.3, 0.4) is 0 Å². The van der Waals surface area contributed by atoms with E-state index in [0.717, 1.165) is 24.0 Å². The molecule has 0 aliphatic rings. The summed E-state index contributed by atoms with van der Waals surface area (Å²) >= 11 is 0. The van der Waals surface area contributed by atoms with E-state index >= 15 is 0 Å². The Kier molecular flexibility index (Phi) is 7.38. The Balaban J connectivity index is 2.40. The van der Waals surface area contributed by atoms with Crippen LogP contribution in [0.4, 0.5) is 0 Å². The molecule has 0 aliphatic carbocycles. The van der Waals surface area contributed by atoms with Gasteiger partial charge in [0.15, 0.2) is 0 Å². The molecule has 0 bridgehead atoms. The number of aliphatic hydroxyl groups excluding tert-OH is 1. The topological polar surface area (TPSA) is 49.3 Å². The first-order valence-corrected chi connectivity index (χ1v) is 6.71. The third-order valence-corrected chi connectivity index (χ3v) is 2.67. The predicted octanol–water partition coefficient (Wildman–Crippen LogP) is 2.23. The number of hydrogen-bond acceptors (Lipinski definition) is 2. The third-order valence-electron chi connectivity index (χ3n) is 2.67. The van der Waals surface area contributed by atoms with Gasteiger partial charge in [0.2, 0.25) is 5.91 Å². The number of benzene rings is 1. The van der Waals surface area contributed by atoms with Crippen molar-refractivity contribution >= 4 is 5.91 Å². The number of unbranched alkanes of at least 4 members (excludes halogenated alkanes) is 1. The predicted molar refractivity (Wildman–Crippen MR) is 76.4 cm³/mol. The number of hydrogen-bond donors (Lipinski definition) is 2. The van der Waals surface area contributed by atoms with Crippen LogP contribution in [0.2, 0.25) is 0 Å². The van der Waals surface area contributed by atoms with Crippen molar-refractivity contribution in [2.45, 2.75) is 39.2 Å². The van der Waals surface area contributed by atoms with E-state index in [1.54, 1.807) is 0 Å². The molecule has 1 amide bonds. The van der Waals surface area contributed by atoms with E-state index in [2.05, 4.69) is 24.1 Å². The van der Waals surface area contributed by atoms with E-state index in [1.165, 1.54) is 0 Å². The van der Waals surface area contributed by atoms with Crippen LogP contribution in [0, 0.1) is 11.8 Å². The molecule has 0 radical (unpaired) electrons. The second-order valence-electron chi connectivity index (χ2n) is 4.35. The lowest BCUT2D eigenvalue weighted by Crippen LogP contribution is -2.22. The highest BCUT2D eigenvalue weighted by Crippen LogP contribution is 2.03. The van der Waals surface area contributed by atoms with Gasteiger partial charge in [-0.2, -0.15) is 0 Å². The summed E-state index contributed by atoms with van der Waals surface area (Å²) in [6, 6.07) is 7.78. The Morgan fingerprint density at radius 2 is 2.05 bits per heavy atom. The van der Waals surface area contributed by atoms with Gasteiger partial charge < -0.3 is 10.4 Å². The molecule has 2 N–H and O–H groups in total. The molecule has 0 aromatic heterocycles. The van der Waals surface area contributed by atoms with E-state index in [4.69, 9.17) is 5.11 Å². The van der Waals surface area contributed by atoms with E-state index in [1.807, 2.05) is 24.3 Å². The molecule has 0 unspecified atom stereocenters. The molecule has 0 fully saturated rings. The largest absolute Gasteiger partial charge is 0.395 e. The fraction of sp³-hybridized carbons (Fsp3) is 0.438. The zero-order chi connectivity index (χ0) is 13.9. The van der Waals surface area contributed by atoms with Crippen LogP contribution in [-0.4, -0.2) is 17.6 Å². The Bertz CT molecular complexity index is 440. The average Bonchev–Trinajstić information content (AvgIpc) is 2.44. The molecule has 0 saturated carbocycles. The second-order valence-corrected chi connectivity index (χ2v) is 4.35. The summed E-state index contributed by atoms with van der Waals surface area (Å²) in [4.78, 5) is 11.5. The maximum atomic E-state index is 11.5. The number of amides is 1. The van der Waals surface area contributed by atoms with Crippen LogP contribution < -0.4 is 5.32 Å². The monoisotopic (exact) mass is 259 g/mol. The maximum absolute atomic E-state index is 11.5. The van der Waals surface area contributed by atoms with Gasteiger partial charge in [0.1, 0.15) is 0 Å². The van der Waals surface area contributed by atoms with E-state index < -0.39 is 0 Å². The normalized spacial score (nSPS) is 9.58. The minimum atomic E-state index is 0.0921. The Labute approximate surface area is 115 Å². The van der Waals surface area contributed by atoms with Crippen molar-refractivity contribution in [1.29, 1.82) is 0 Å². The standard InChI is InChI=1S/C16H21NO2/c1-2-3-7-16(19)17-13-15-10-8-14(9-11-15)6-4-5-12-18/h8-11,18H,2-3,5,7,12-13H2,1H3,(H,17,19). The molecule has 0 aliphatic heterocycles. The highest BCUT2D eigenvalue weighted by molar-refractivity contribution is 5.75. The fourth-order valence-corrected chi connectivity index (χ4v) is 1.55. The smallest absolute Gasteiger partial charge is 0.220 e. The zero-order valence-corrected chi connectivity index (χ0v) is 11.4. The lowest BCUT2D eigenvalue weighted by Gasteiger charge is -2.04. The molecule has 19 heavy (non-hydrogen) atoms. The molecule has 102 valence electrons. The quantitative estimate of drug-likeness (QED) is 0.770. The van der Waals surface area contributed by atoms with Gasteiger partial charge in [0.05, 0.1) is 6.61 Å². The first-order chi connectivity index (χ1) is 9.26. The van der Waals surface area contributed by atoms with Gasteiger partial charge in [-0.05, 0) is 24.1 Å². The van der Waals surface area contributed by atoms with Gasteiger partial charge in [-0.1, -0.05) is 37.3 Å². The van der Waals surface area contributed by atoms with Crippen molar-refractivity contribution in [3.8, 4) is 11.8 Å². The summed E-state index contributed by atoms with van der Waals surface area (Å²) < 4.78 is 0. The average molecular weight is 259 g/mol. The van der Waals surface area contributed by atoms with Crippen molar-refractivity contribution in [3.05, 3.63) is 35.4 Å². The Morgan fingerprint density at radius 1 is 1.32 bits per heavy atom. The molecule has 0 spiro atoms. The van der Waals surface area contributed by atoms with Crippen LogP contribution in [0.25, 0.3) is 0 Å². The number of rotatable bonds is 6. The lowest BCUT2D eigenvalue weighted by atomic mass is 10.1. The molecule has 1 rings (SSSR count). The van der Waals surface area contributed by atoms with Gasteiger partial charge >= 0.3 is 0 Å². The van der Waals surface area contributed by atoms with Crippen molar-refractivity contribution in [2.75, 3.05) is 6.61 Å². The molecule has 0 atom stereocenters. The summed E-state index contributed by atoms with van der Waals surface area (Å²) in [5.74, 6) is 5.95. The highest BCUT2D eigenvalue weighted by Gasteiger charge is 2.00.